The number of aliphatic hydroxyl groups is 1. The molecule has 1 aromatic carbocycles. The van der Waals surface area contributed by atoms with Crippen LogP contribution in [0, 0.1) is 13.8 Å². The van der Waals surface area contributed by atoms with Gasteiger partial charge in [0.2, 0.25) is 0 Å². The second-order valence-electron chi connectivity index (χ2n) is 5.29. The van der Waals surface area contributed by atoms with Crippen molar-refractivity contribution in [1.29, 1.82) is 0 Å². The Kier molecular flexibility index (Phi) is 4.43. The fourth-order valence-corrected chi connectivity index (χ4v) is 2.48. The zero-order chi connectivity index (χ0) is 13.8. The van der Waals surface area contributed by atoms with Crippen LogP contribution in [-0.2, 0) is 6.54 Å². The minimum atomic E-state index is -0.329. The van der Waals surface area contributed by atoms with Crippen LogP contribution < -0.4 is 0 Å². The molecule has 0 aliphatic heterocycles. The van der Waals surface area contributed by atoms with Gasteiger partial charge in [0.1, 0.15) is 0 Å². The van der Waals surface area contributed by atoms with E-state index in [1.54, 1.807) is 0 Å². The third-order valence-corrected chi connectivity index (χ3v) is 3.71. The van der Waals surface area contributed by atoms with Crippen molar-refractivity contribution < 1.29 is 5.11 Å². The van der Waals surface area contributed by atoms with E-state index < -0.39 is 0 Å². The van der Waals surface area contributed by atoms with Crippen LogP contribution in [0.5, 0.6) is 0 Å². The molecule has 19 heavy (non-hydrogen) atoms. The molecule has 0 aliphatic rings. The predicted octanol–water partition coefficient (Wildman–Crippen LogP) is 3.99. The highest BCUT2D eigenvalue weighted by molar-refractivity contribution is 5.34. The van der Waals surface area contributed by atoms with Crippen molar-refractivity contribution in [3.05, 3.63) is 58.9 Å². The third-order valence-electron chi connectivity index (χ3n) is 3.71. The summed E-state index contributed by atoms with van der Waals surface area (Å²) in [6.07, 6.45) is 5.62. The van der Waals surface area contributed by atoms with Gasteiger partial charge in [-0.05, 0) is 48.6 Å². The van der Waals surface area contributed by atoms with E-state index >= 15 is 0 Å². The highest BCUT2D eigenvalue weighted by Gasteiger charge is 2.09. The molecule has 102 valence electrons. The maximum Gasteiger partial charge on any atom is 0.0804 e. The molecule has 0 fully saturated rings. The van der Waals surface area contributed by atoms with E-state index in [0.717, 1.165) is 24.9 Å². The smallest absolute Gasteiger partial charge is 0.0804 e. The molecule has 1 unspecified atom stereocenters. The number of aliphatic hydroxyl groups excluding tert-OH is 1. The monoisotopic (exact) mass is 257 g/mol. The first-order valence-corrected chi connectivity index (χ1v) is 7.00. The van der Waals surface area contributed by atoms with E-state index in [0.29, 0.717) is 0 Å². The van der Waals surface area contributed by atoms with E-state index in [1.807, 2.05) is 6.07 Å². The lowest BCUT2D eigenvalue weighted by molar-refractivity contribution is 0.166. The van der Waals surface area contributed by atoms with Gasteiger partial charge in [0, 0.05) is 18.9 Å². The summed E-state index contributed by atoms with van der Waals surface area (Å²) < 4.78 is 2.16. The van der Waals surface area contributed by atoms with Gasteiger partial charge in [0.05, 0.1) is 6.10 Å². The Morgan fingerprint density at radius 1 is 1.16 bits per heavy atom. The number of hydrogen-bond donors (Lipinski definition) is 1. The Balaban J connectivity index is 2.16. The van der Waals surface area contributed by atoms with Gasteiger partial charge in [0.25, 0.3) is 0 Å². The summed E-state index contributed by atoms with van der Waals surface area (Å²) in [4.78, 5) is 0. The highest BCUT2D eigenvalue weighted by atomic mass is 16.3. The largest absolute Gasteiger partial charge is 0.388 e. The molecule has 2 heteroatoms. The van der Waals surface area contributed by atoms with Gasteiger partial charge in [-0.2, -0.15) is 0 Å². The van der Waals surface area contributed by atoms with E-state index in [4.69, 9.17) is 0 Å². The van der Waals surface area contributed by atoms with Crippen LogP contribution in [0.25, 0.3) is 0 Å². The second-order valence-corrected chi connectivity index (χ2v) is 5.29. The maximum atomic E-state index is 10.00. The summed E-state index contributed by atoms with van der Waals surface area (Å²) in [5.41, 5.74) is 5.04. The molecule has 0 saturated carbocycles. The Bertz CT molecular complexity index is 522. The van der Waals surface area contributed by atoms with E-state index in [9.17, 15) is 5.11 Å². The summed E-state index contributed by atoms with van der Waals surface area (Å²) in [5.74, 6) is 0. The van der Waals surface area contributed by atoms with Gasteiger partial charge in [-0.25, -0.2) is 0 Å². The number of aromatic nitrogens is 1. The average Bonchev–Trinajstić information content (AvgIpc) is 2.83. The number of benzene rings is 1. The zero-order valence-corrected chi connectivity index (χ0v) is 12.1. The summed E-state index contributed by atoms with van der Waals surface area (Å²) in [6.45, 7) is 7.27. The van der Waals surface area contributed by atoms with Crippen LogP contribution in [0.4, 0.5) is 0 Å². The van der Waals surface area contributed by atoms with Crippen LogP contribution in [0.2, 0.25) is 0 Å². The molecule has 1 aromatic heterocycles. The molecular weight excluding hydrogens is 234 g/mol. The topological polar surface area (TPSA) is 25.2 Å². The molecule has 2 rings (SSSR count). The molecule has 2 aromatic rings. The van der Waals surface area contributed by atoms with Gasteiger partial charge in [-0.15, -0.1) is 0 Å². The molecule has 0 amide bonds. The molecule has 0 bridgehead atoms. The van der Waals surface area contributed by atoms with Gasteiger partial charge < -0.3 is 9.67 Å². The molecule has 0 spiro atoms. The zero-order valence-electron chi connectivity index (χ0n) is 12.1. The summed E-state index contributed by atoms with van der Waals surface area (Å²) in [5, 5.41) is 10.00. The first kappa shape index (κ1) is 13.9. The Morgan fingerprint density at radius 2 is 1.84 bits per heavy atom. The average molecular weight is 257 g/mol. The van der Waals surface area contributed by atoms with Crippen molar-refractivity contribution in [2.75, 3.05) is 0 Å². The molecule has 1 atom stereocenters. The lowest BCUT2D eigenvalue weighted by Gasteiger charge is -2.11. The van der Waals surface area contributed by atoms with Crippen LogP contribution in [0.3, 0.4) is 0 Å². The van der Waals surface area contributed by atoms with Crippen molar-refractivity contribution >= 4 is 0 Å². The van der Waals surface area contributed by atoms with Gasteiger partial charge in [0.15, 0.2) is 0 Å². The first-order chi connectivity index (χ1) is 9.11. The summed E-state index contributed by atoms with van der Waals surface area (Å²) in [6, 6.07) is 8.42. The molecular formula is C17H23NO. The van der Waals surface area contributed by atoms with Gasteiger partial charge in [-0.3, -0.25) is 0 Å². The van der Waals surface area contributed by atoms with Crippen molar-refractivity contribution in [2.45, 2.75) is 46.3 Å². The fourth-order valence-electron chi connectivity index (χ4n) is 2.48. The minimum absolute atomic E-state index is 0.329. The van der Waals surface area contributed by atoms with Crippen molar-refractivity contribution in [3.63, 3.8) is 0 Å². The van der Waals surface area contributed by atoms with Gasteiger partial charge >= 0.3 is 0 Å². The Morgan fingerprint density at radius 3 is 2.47 bits per heavy atom. The molecule has 1 N–H and O–H groups in total. The van der Waals surface area contributed by atoms with E-state index in [2.05, 4.69) is 55.9 Å². The number of rotatable bonds is 5. The second kappa shape index (κ2) is 6.07. The summed E-state index contributed by atoms with van der Waals surface area (Å²) in [7, 11) is 0. The van der Waals surface area contributed by atoms with E-state index in [-0.39, 0.29) is 6.10 Å². The highest BCUT2D eigenvalue weighted by Crippen LogP contribution is 2.20. The first-order valence-electron chi connectivity index (χ1n) is 7.00. The molecule has 0 radical (unpaired) electrons. The number of aryl methyl sites for hydroxylation is 2. The van der Waals surface area contributed by atoms with Crippen molar-refractivity contribution in [3.8, 4) is 0 Å². The Hall–Kier alpha value is -1.54. The van der Waals surface area contributed by atoms with Crippen LogP contribution >= 0.6 is 0 Å². The normalized spacial score (nSPS) is 12.6. The predicted molar refractivity (Wildman–Crippen MR) is 79.3 cm³/mol. The molecule has 0 saturated heterocycles. The molecule has 1 heterocycles. The molecule has 0 aliphatic carbocycles. The quantitative estimate of drug-likeness (QED) is 0.861. The minimum Gasteiger partial charge on any atom is -0.388 e. The van der Waals surface area contributed by atoms with Crippen LogP contribution in [-0.4, -0.2) is 9.67 Å². The standard InChI is InChI=1S/C17H23NO/c1-4-6-17(19)15-9-10-18(11-15)12-16-13(2)7-5-8-14(16)3/h5,7-11,17,19H,4,6,12H2,1-3H3. The lowest BCUT2D eigenvalue weighted by atomic mass is 10.0. The van der Waals surface area contributed by atoms with Crippen LogP contribution in [0.1, 0.15) is 48.1 Å². The van der Waals surface area contributed by atoms with Crippen LogP contribution in [0.15, 0.2) is 36.7 Å². The lowest BCUT2D eigenvalue weighted by Crippen LogP contribution is -2.02. The van der Waals surface area contributed by atoms with E-state index in [1.165, 1.54) is 16.7 Å². The molecule has 2 nitrogen and oxygen atoms in total. The maximum absolute atomic E-state index is 10.00. The number of hydrogen-bond acceptors (Lipinski definition) is 1. The number of nitrogens with zero attached hydrogens (tertiary/aromatic N) is 1. The van der Waals surface area contributed by atoms with Gasteiger partial charge in [-0.1, -0.05) is 31.5 Å². The fraction of sp³-hybridized carbons (Fsp3) is 0.412. The third kappa shape index (κ3) is 3.27. The summed E-state index contributed by atoms with van der Waals surface area (Å²) >= 11 is 0. The van der Waals surface area contributed by atoms with Crippen molar-refractivity contribution in [2.24, 2.45) is 0 Å². The Labute approximate surface area is 115 Å². The SMILES string of the molecule is CCCC(O)c1ccn(Cc2c(C)cccc2C)c1. The van der Waals surface area contributed by atoms with Crippen molar-refractivity contribution in [1.82, 2.24) is 4.57 Å².